The molecule has 0 saturated heterocycles. The molecular weight excluding hydrogens is 350 g/mol. The van der Waals surface area contributed by atoms with Gasteiger partial charge in [0.1, 0.15) is 0 Å². The lowest BCUT2D eigenvalue weighted by molar-refractivity contribution is 0.241. The first-order chi connectivity index (χ1) is 13.2. The smallest absolute Gasteiger partial charge is 0.173 e. The quantitative estimate of drug-likeness (QED) is 0.546. The predicted molar refractivity (Wildman–Crippen MR) is 118 cm³/mol. The van der Waals surface area contributed by atoms with Crippen molar-refractivity contribution in [1.29, 1.82) is 0 Å². The molecule has 0 spiro atoms. The molecule has 2 aromatic carbocycles. The van der Waals surface area contributed by atoms with Gasteiger partial charge in [0.05, 0.1) is 0 Å². The molecule has 3 aromatic rings. The van der Waals surface area contributed by atoms with E-state index in [2.05, 4.69) is 76.9 Å². The molecule has 1 aromatic heterocycles. The van der Waals surface area contributed by atoms with Gasteiger partial charge in [-0.05, 0) is 55.7 Å². The van der Waals surface area contributed by atoms with Crippen LogP contribution in [0.3, 0.4) is 0 Å². The van der Waals surface area contributed by atoms with Crippen molar-refractivity contribution in [3.8, 4) is 0 Å². The van der Waals surface area contributed by atoms with Gasteiger partial charge < -0.3 is 15.2 Å². The third-order valence-corrected chi connectivity index (χ3v) is 5.93. The van der Waals surface area contributed by atoms with Crippen LogP contribution >= 0.6 is 12.2 Å². The second kappa shape index (κ2) is 8.13. The minimum absolute atomic E-state index is 0.512. The maximum absolute atomic E-state index is 5.87. The van der Waals surface area contributed by atoms with Crippen LogP contribution in [0.4, 0.5) is 5.69 Å². The second-order valence-electron chi connectivity index (χ2n) is 7.58. The normalized spacial score (nSPS) is 15.0. The topological polar surface area (TPSA) is 31.1 Å². The van der Waals surface area contributed by atoms with Gasteiger partial charge in [-0.25, -0.2) is 0 Å². The minimum atomic E-state index is 0.512. The molecule has 0 atom stereocenters. The zero-order valence-electron chi connectivity index (χ0n) is 15.9. The third kappa shape index (κ3) is 4.16. The van der Waals surface area contributed by atoms with Crippen LogP contribution in [-0.4, -0.2) is 21.0 Å². The summed E-state index contributed by atoms with van der Waals surface area (Å²) < 4.78 is 0. The number of aryl methyl sites for hydroxylation is 1. The van der Waals surface area contributed by atoms with Gasteiger partial charge in [0.15, 0.2) is 5.11 Å². The fraction of sp³-hybridized carbons (Fsp3) is 0.348. The molecule has 27 heavy (non-hydrogen) atoms. The maximum atomic E-state index is 5.87. The van der Waals surface area contributed by atoms with E-state index in [0.717, 1.165) is 17.3 Å². The Labute approximate surface area is 166 Å². The van der Waals surface area contributed by atoms with Crippen LogP contribution in [0.15, 0.2) is 54.7 Å². The zero-order valence-corrected chi connectivity index (χ0v) is 16.7. The fourth-order valence-electron chi connectivity index (χ4n) is 4.04. The summed E-state index contributed by atoms with van der Waals surface area (Å²) in [6.07, 6.45) is 8.51. The number of para-hydroxylation sites is 1. The lowest BCUT2D eigenvalue weighted by atomic mass is 9.94. The SMILES string of the molecule is Cc1ccc(NC(=S)N(Cc2c[nH]c3ccccc23)C2CCCCC2)cc1. The van der Waals surface area contributed by atoms with Crippen LogP contribution in [-0.2, 0) is 6.54 Å². The summed E-state index contributed by atoms with van der Waals surface area (Å²) in [5.41, 5.74) is 4.82. The Morgan fingerprint density at radius 1 is 1.07 bits per heavy atom. The summed E-state index contributed by atoms with van der Waals surface area (Å²) in [5.74, 6) is 0. The van der Waals surface area contributed by atoms with Crippen LogP contribution in [0.5, 0.6) is 0 Å². The second-order valence-corrected chi connectivity index (χ2v) is 7.96. The molecule has 1 aliphatic rings. The van der Waals surface area contributed by atoms with Crippen molar-refractivity contribution < 1.29 is 0 Å². The molecule has 140 valence electrons. The fourth-order valence-corrected chi connectivity index (χ4v) is 4.37. The number of aromatic amines is 1. The number of anilines is 1. The first kappa shape index (κ1) is 18.1. The van der Waals surface area contributed by atoms with Crippen molar-refractivity contribution in [3.05, 3.63) is 65.9 Å². The van der Waals surface area contributed by atoms with Crippen LogP contribution in [0.2, 0.25) is 0 Å². The van der Waals surface area contributed by atoms with E-state index >= 15 is 0 Å². The highest BCUT2D eigenvalue weighted by Crippen LogP contribution is 2.27. The summed E-state index contributed by atoms with van der Waals surface area (Å²) in [6.45, 7) is 2.94. The molecule has 4 rings (SSSR count). The van der Waals surface area contributed by atoms with Crippen molar-refractivity contribution in [2.75, 3.05) is 5.32 Å². The first-order valence-electron chi connectivity index (χ1n) is 9.90. The zero-order chi connectivity index (χ0) is 18.6. The molecule has 0 aliphatic heterocycles. The molecule has 0 bridgehead atoms. The van der Waals surface area contributed by atoms with E-state index in [1.54, 1.807) is 0 Å². The van der Waals surface area contributed by atoms with E-state index in [4.69, 9.17) is 12.2 Å². The number of nitrogens with zero attached hydrogens (tertiary/aromatic N) is 1. The van der Waals surface area contributed by atoms with Crippen molar-refractivity contribution >= 4 is 33.9 Å². The summed E-state index contributed by atoms with van der Waals surface area (Å²) in [6, 6.07) is 17.5. The largest absolute Gasteiger partial charge is 0.361 e. The van der Waals surface area contributed by atoms with Gasteiger partial charge in [0.25, 0.3) is 0 Å². The Balaban J connectivity index is 1.58. The number of hydrogen-bond acceptors (Lipinski definition) is 1. The van der Waals surface area contributed by atoms with Gasteiger partial charge in [-0.1, -0.05) is 55.2 Å². The average molecular weight is 378 g/mol. The van der Waals surface area contributed by atoms with E-state index in [1.807, 2.05) is 0 Å². The lowest BCUT2D eigenvalue weighted by Gasteiger charge is -2.36. The predicted octanol–water partition coefficient (Wildman–Crippen LogP) is 6.01. The molecule has 1 saturated carbocycles. The molecule has 1 aliphatic carbocycles. The number of rotatable bonds is 4. The van der Waals surface area contributed by atoms with E-state index in [-0.39, 0.29) is 0 Å². The summed E-state index contributed by atoms with van der Waals surface area (Å²) in [5, 5.41) is 5.59. The molecule has 0 amide bonds. The van der Waals surface area contributed by atoms with Crippen molar-refractivity contribution in [2.45, 2.75) is 51.6 Å². The van der Waals surface area contributed by atoms with Crippen LogP contribution in [0.25, 0.3) is 10.9 Å². The highest BCUT2D eigenvalue weighted by atomic mass is 32.1. The van der Waals surface area contributed by atoms with E-state index in [9.17, 15) is 0 Å². The highest BCUT2D eigenvalue weighted by molar-refractivity contribution is 7.80. The van der Waals surface area contributed by atoms with Gasteiger partial charge in [-0.3, -0.25) is 0 Å². The Bertz CT molecular complexity index is 907. The standard InChI is InChI=1S/C23H27N3S/c1-17-11-13-19(14-12-17)25-23(27)26(20-7-3-2-4-8-20)16-18-15-24-22-10-6-5-9-21(18)22/h5-6,9-15,20,24H,2-4,7-8,16H2,1H3,(H,25,27). The van der Waals surface area contributed by atoms with Gasteiger partial charge in [0.2, 0.25) is 0 Å². The van der Waals surface area contributed by atoms with Gasteiger partial charge >= 0.3 is 0 Å². The van der Waals surface area contributed by atoms with Crippen molar-refractivity contribution in [3.63, 3.8) is 0 Å². The van der Waals surface area contributed by atoms with Crippen LogP contribution in [0.1, 0.15) is 43.2 Å². The third-order valence-electron chi connectivity index (χ3n) is 5.59. The maximum Gasteiger partial charge on any atom is 0.173 e. The summed E-state index contributed by atoms with van der Waals surface area (Å²) in [7, 11) is 0. The molecular formula is C23H27N3S. The lowest BCUT2D eigenvalue weighted by Crippen LogP contribution is -2.43. The highest BCUT2D eigenvalue weighted by Gasteiger charge is 2.24. The average Bonchev–Trinajstić information content (AvgIpc) is 3.11. The number of aromatic nitrogens is 1. The van der Waals surface area contributed by atoms with Crippen molar-refractivity contribution in [2.24, 2.45) is 0 Å². The van der Waals surface area contributed by atoms with Crippen molar-refractivity contribution in [1.82, 2.24) is 9.88 Å². The Kier molecular flexibility index (Phi) is 5.44. The molecule has 3 nitrogen and oxygen atoms in total. The number of fused-ring (bicyclic) bond motifs is 1. The number of H-pyrrole nitrogens is 1. The van der Waals surface area contributed by atoms with E-state index in [0.29, 0.717) is 6.04 Å². The molecule has 1 fully saturated rings. The first-order valence-corrected chi connectivity index (χ1v) is 10.3. The van der Waals surface area contributed by atoms with Gasteiger partial charge in [-0.15, -0.1) is 0 Å². The van der Waals surface area contributed by atoms with E-state index < -0.39 is 0 Å². The molecule has 1 heterocycles. The number of benzene rings is 2. The summed E-state index contributed by atoms with van der Waals surface area (Å²) in [4.78, 5) is 5.81. The number of thiocarbonyl (C=S) groups is 1. The number of nitrogens with one attached hydrogen (secondary N) is 2. The molecule has 0 unspecified atom stereocenters. The van der Waals surface area contributed by atoms with Crippen LogP contribution in [0, 0.1) is 6.92 Å². The van der Waals surface area contributed by atoms with E-state index in [1.165, 1.54) is 54.1 Å². The molecule has 0 radical (unpaired) electrons. The Hall–Kier alpha value is -2.33. The Morgan fingerprint density at radius 3 is 2.59 bits per heavy atom. The summed E-state index contributed by atoms with van der Waals surface area (Å²) >= 11 is 5.87. The minimum Gasteiger partial charge on any atom is -0.361 e. The number of hydrogen-bond donors (Lipinski definition) is 2. The van der Waals surface area contributed by atoms with Crippen LogP contribution < -0.4 is 5.32 Å². The molecule has 4 heteroatoms. The Morgan fingerprint density at radius 2 is 1.81 bits per heavy atom. The monoisotopic (exact) mass is 377 g/mol. The van der Waals surface area contributed by atoms with Gasteiger partial charge in [-0.2, -0.15) is 0 Å². The van der Waals surface area contributed by atoms with Gasteiger partial charge in [0, 0.05) is 35.4 Å². The molecule has 2 N–H and O–H groups in total.